The van der Waals surface area contributed by atoms with Gasteiger partial charge in [-0.2, -0.15) is 8.42 Å². The van der Waals surface area contributed by atoms with E-state index in [0.717, 1.165) is 48.3 Å². The van der Waals surface area contributed by atoms with Crippen molar-refractivity contribution >= 4 is 21.9 Å². The predicted octanol–water partition coefficient (Wildman–Crippen LogP) is 9.26. The van der Waals surface area contributed by atoms with Crippen LogP contribution in [-0.4, -0.2) is 36.4 Å². The van der Waals surface area contributed by atoms with Gasteiger partial charge in [0.25, 0.3) is 10.1 Å². The zero-order chi connectivity index (χ0) is 34.6. The van der Waals surface area contributed by atoms with E-state index in [1.807, 2.05) is 84.9 Å². The van der Waals surface area contributed by atoms with E-state index >= 15 is 0 Å². The number of hydrogen-bond donors (Lipinski definition) is 3. The lowest BCUT2D eigenvalue weighted by molar-refractivity contribution is 0.117. The molecule has 0 saturated heterocycles. The lowest BCUT2D eigenvalue weighted by atomic mass is 9.92. The Bertz CT molecular complexity index is 1910. The molecule has 0 spiro atoms. The first-order chi connectivity index (χ1) is 23.7. The number of aliphatic hydroxyl groups is 1. The molecule has 0 heterocycles. The van der Waals surface area contributed by atoms with Crippen LogP contribution < -0.4 is 4.74 Å². The van der Waals surface area contributed by atoms with E-state index in [1.165, 1.54) is 23.4 Å². The van der Waals surface area contributed by atoms with Gasteiger partial charge in [0.2, 0.25) is 0 Å². The second kappa shape index (κ2) is 17.5. The van der Waals surface area contributed by atoms with Crippen LogP contribution in [-0.2, 0) is 27.9 Å². The highest BCUT2D eigenvalue weighted by Gasteiger charge is 2.21. The Morgan fingerprint density at radius 3 is 2.31 bits per heavy atom. The molecule has 0 aliphatic heterocycles. The highest BCUT2D eigenvalue weighted by Crippen LogP contribution is 2.38. The van der Waals surface area contributed by atoms with Gasteiger partial charge in [0, 0.05) is 16.4 Å². The number of phenolic OH excluding ortho intramolecular Hbond substituents is 1. The van der Waals surface area contributed by atoms with E-state index in [9.17, 15) is 23.2 Å². The molecular formula is C40H42O7S2. The van der Waals surface area contributed by atoms with Gasteiger partial charge < -0.3 is 19.7 Å². The van der Waals surface area contributed by atoms with Gasteiger partial charge in [0.1, 0.15) is 22.5 Å². The minimum Gasteiger partial charge on any atom is -0.508 e. The average Bonchev–Trinajstić information content (AvgIpc) is 3.11. The lowest BCUT2D eigenvalue weighted by Gasteiger charge is -2.18. The highest BCUT2D eigenvalue weighted by molar-refractivity contribution is 8.00. The number of aliphatic hydroxyl groups excluding tert-OH is 1. The van der Waals surface area contributed by atoms with E-state index in [4.69, 9.17) is 9.47 Å². The van der Waals surface area contributed by atoms with Crippen molar-refractivity contribution in [2.45, 2.75) is 66.4 Å². The summed E-state index contributed by atoms with van der Waals surface area (Å²) in [7, 11) is -4.56. The quantitative estimate of drug-likeness (QED) is 0.0651. The first kappa shape index (κ1) is 36.2. The third kappa shape index (κ3) is 10.4. The minimum atomic E-state index is -4.56. The molecule has 256 valence electrons. The molecule has 0 saturated carbocycles. The summed E-state index contributed by atoms with van der Waals surface area (Å²) in [5.74, 6) is 1.01. The van der Waals surface area contributed by atoms with Crippen molar-refractivity contribution in [1.82, 2.24) is 0 Å². The van der Waals surface area contributed by atoms with Crippen molar-refractivity contribution in [1.29, 1.82) is 0 Å². The summed E-state index contributed by atoms with van der Waals surface area (Å²) in [5, 5.41) is 21.0. The number of aromatic hydroxyl groups is 1. The fraction of sp³-hybridized carbons (Fsp3) is 0.250. The number of rotatable bonds is 17. The molecule has 1 atom stereocenters. The van der Waals surface area contributed by atoms with Gasteiger partial charge in [-0.1, -0.05) is 91.8 Å². The van der Waals surface area contributed by atoms with Crippen molar-refractivity contribution < 1.29 is 32.7 Å². The molecule has 5 aromatic rings. The summed E-state index contributed by atoms with van der Waals surface area (Å²) < 4.78 is 47.0. The third-order valence-electron chi connectivity index (χ3n) is 8.08. The fourth-order valence-electron chi connectivity index (χ4n) is 5.44. The molecule has 0 bridgehead atoms. The average molecular weight is 699 g/mol. The zero-order valence-corrected chi connectivity index (χ0v) is 29.1. The van der Waals surface area contributed by atoms with Crippen LogP contribution in [0.4, 0.5) is 0 Å². The van der Waals surface area contributed by atoms with Gasteiger partial charge in [0.15, 0.2) is 0 Å². The maximum atomic E-state index is 12.6. The lowest BCUT2D eigenvalue weighted by Crippen LogP contribution is -2.05. The highest BCUT2D eigenvalue weighted by atomic mass is 32.2. The van der Waals surface area contributed by atoms with Crippen LogP contribution in [0, 0.1) is 0 Å². The van der Waals surface area contributed by atoms with Gasteiger partial charge in [-0.3, -0.25) is 4.55 Å². The van der Waals surface area contributed by atoms with Crippen LogP contribution in [0.2, 0.25) is 0 Å². The van der Waals surface area contributed by atoms with E-state index in [1.54, 1.807) is 24.3 Å². The van der Waals surface area contributed by atoms with Crippen LogP contribution in [0.15, 0.2) is 130 Å². The van der Waals surface area contributed by atoms with E-state index in [2.05, 4.69) is 6.92 Å². The topological polar surface area (TPSA) is 113 Å². The van der Waals surface area contributed by atoms with Gasteiger partial charge in [0.05, 0.1) is 13.2 Å². The summed E-state index contributed by atoms with van der Waals surface area (Å²) in [6, 6.07) is 34.5. The molecule has 7 nitrogen and oxygen atoms in total. The second-order valence-corrected chi connectivity index (χ2v) is 14.3. The maximum absolute atomic E-state index is 12.6. The van der Waals surface area contributed by atoms with Crippen LogP contribution >= 0.6 is 11.8 Å². The molecule has 5 aromatic carbocycles. The smallest absolute Gasteiger partial charge is 0.295 e. The zero-order valence-electron chi connectivity index (χ0n) is 27.5. The molecule has 49 heavy (non-hydrogen) atoms. The Kier molecular flexibility index (Phi) is 12.9. The third-order valence-corrected chi connectivity index (χ3v) is 10.2. The Morgan fingerprint density at radius 2 is 1.55 bits per heavy atom. The Balaban J connectivity index is 1.26. The number of hydrogen-bond acceptors (Lipinski definition) is 7. The second-order valence-electron chi connectivity index (χ2n) is 11.8. The first-order valence-corrected chi connectivity index (χ1v) is 18.7. The SMILES string of the molecule is CCCCOc1ccc(Sc2ccc(-c3ccccc3C(O)c3cccc(COCCCCc4ccc(O)cc4)c3)cc2S(=O)(=O)O)cc1. The Labute approximate surface area is 293 Å². The van der Waals surface area contributed by atoms with Crippen LogP contribution in [0.5, 0.6) is 11.5 Å². The van der Waals surface area contributed by atoms with Crippen molar-refractivity contribution in [3.8, 4) is 22.6 Å². The summed E-state index contributed by atoms with van der Waals surface area (Å²) in [4.78, 5) is 0.982. The summed E-state index contributed by atoms with van der Waals surface area (Å²) in [6.45, 7) is 3.76. The van der Waals surface area contributed by atoms with Crippen LogP contribution in [0.3, 0.4) is 0 Å². The molecule has 9 heteroatoms. The summed E-state index contributed by atoms with van der Waals surface area (Å²) in [6.07, 6.45) is 3.82. The molecular weight excluding hydrogens is 657 g/mol. The summed E-state index contributed by atoms with van der Waals surface area (Å²) in [5.41, 5.74) is 4.61. The van der Waals surface area contributed by atoms with E-state index in [-0.39, 0.29) is 10.6 Å². The Morgan fingerprint density at radius 1 is 0.776 bits per heavy atom. The number of ether oxygens (including phenoxy) is 2. The fourth-order valence-corrected chi connectivity index (χ4v) is 7.30. The van der Waals surface area contributed by atoms with Gasteiger partial charge in [-0.05, 0) is 108 Å². The predicted molar refractivity (Wildman–Crippen MR) is 194 cm³/mol. The number of aryl methyl sites for hydroxylation is 1. The molecule has 0 aliphatic carbocycles. The molecule has 0 aliphatic rings. The molecule has 0 radical (unpaired) electrons. The van der Waals surface area contributed by atoms with Crippen molar-refractivity contribution in [3.05, 3.63) is 138 Å². The van der Waals surface area contributed by atoms with E-state index < -0.39 is 16.2 Å². The standard InChI is InChI=1S/C40H42O7S2/c1-2-3-25-47-34-19-21-35(22-20-34)48-38-23-16-31(27-39(38)49(43,44)45)36-12-4-5-13-37(36)40(42)32-11-8-10-30(26-32)28-46-24-7-6-9-29-14-17-33(41)18-15-29/h4-5,8,10-23,26-27,40-42H,2-3,6-7,9,24-25,28H2,1H3,(H,43,44,45). The molecule has 5 rings (SSSR count). The largest absolute Gasteiger partial charge is 0.508 e. The number of benzene rings is 5. The van der Waals surface area contributed by atoms with Crippen LogP contribution in [0.25, 0.3) is 11.1 Å². The molecule has 1 unspecified atom stereocenters. The molecule has 0 amide bonds. The normalized spacial score (nSPS) is 12.1. The van der Waals surface area contributed by atoms with Crippen molar-refractivity contribution in [2.75, 3.05) is 13.2 Å². The van der Waals surface area contributed by atoms with Gasteiger partial charge in [-0.25, -0.2) is 0 Å². The molecule has 3 N–H and O–H groups in total. The minimum absolute atomic E-state index is 0.204. The summed E-state index contributed by atoms with van der Waals surface area (Å²) >= 11 is 1.24. The first-order valence-electron chi connectivity index (χ1n) is 16.5. The van der Waals surface area contributed by atoms with Crippen molar-refractivity contribution in [3.63, 3.8) is 0 Å². The van der Waals surface area contributed by atoms with E-state index in [0.29, 0.717) is 47.0 Å². The molecule has 0 fully saturated rings. The van der Waals surface area contributed by atoms with Gasteiger partial charge >= 0.3 is 0 Å². The van der Waals surface area contributed by atoms with Gasteiger partial charge in [-0.15, -0.1) is 0 Å². The number of phenols is 1. The maximum Gasteiger partial charge on any atom is 0.295 e. The Hall–Kier alpha value is -4.12. The monoisotopic (exact) mass is 698 g/mol. The van der Waals surface area contributed by atoms with Crippen molar-refractivity contribution in [2.24, 2.45) is 0 Å². The number of unbranched alkanes of at least 4 members (excludes halogenated alkanes) is 2. The molecule has 0 aromatic heterocycles. The van der Waals surface area contributed by atoms with Crippen LogP contribution in [0.1, 0.15) is 61.0 Å².